The van der Waals surface area contributed by atoms with Gasteiger partial charge in [0, 0.05) is 12.1 Å². The molecule has 0 aromatic carbocycles. The summed E-state index contributed by atoms with van der Waals surface area (Å²) in [6.07, 6.45) is 13.0. The van der Waals surface area contributed by atoms with Crippen molar-refractivity contribution < 1.29 is 31.3 Å². The first-order chi connectivity index (χ1) is 19.5. The van der Waals surface area contributed by atoms with Crippen LogP contribution in [-0.4, -0.2) is 66.2 Å². The van der Waals surface area contributed by atoms with Crippen LogP contribution in [0.2, 0.25) is 0 Å². The topological polar surface area (TPSA) is 140 Å². The van der Waals surface area contributed by atoms with E-state index in [1.165, 1.54) is 11.3 Å². The number of nitrogens with one attached hydrogen (secondary N) is 1. The largest absolute Gasteiger partial charge is 0.421 e. The number of rotatable bonds is 18. The fraction of sp³-hybridized carbons (Fsp3) is 0.931. The zero-order chi connectivity index (χ0) is 30.1. The van der Waals surface area contributed by atoms with Crippen molar-refractivity contribution in [2.24, 2.45) is 5.73 Å². The van der Waals surface area contributed by atoms with Crippen LogP contribution in [0.4, 0.5) is 4.79 Å². The van der Waals surface area contributed by atoms with Crippen molar-refractivity contribution in [1.29, 1.82) is 0 Å². The number of nitrogens with zero attached hydrogens (tertiary/aromatic N) is 2. The molecule has 12 heteroatoms. The lowest BCUT2D eigenvalue weighted by molar-refractivity contribution is -0.145. The summed E-state index contributed by atoms with van der Waals surface area (Å²) in [7, 11) is -4.66. The van der Waals surface area contributed by atoms with E-state index in [9.17, 15) is 18.0 Å². The third kappa shape index (κ3) is 8.34. The van der Waals surface area contributed by atoms with Gasteiger partial charge in [0.25, 0.3) is 5.91 Å². The summed E-state index contributed by atoms with van der Waals surface area (Å²) in [6, 6.07) is -1.91. The minimum atomic E-state index is -4.66. The Bertz CT molecular complexity index is 961. The molecular weight excluding hydrogens is 548 g/mol. The third-order valence-electron chi connectivity index (χ3n) is 9.11. The van der Waals surface area contributed by atoms with Gasteiger partial charge in [0.1, 0.15) is 11.6 Å². The van der Waals surface area contributed by atoms with Crippen LogP contribution in [0.25, 0.3) is 0 Å². The Kier molecular flexibility index (Phi) is 12.7. The number of unbranched alkanes of at least 4 members (excludes halogenated alkanes) is 2. The second-order valence-corrected chi connectivity index (χ2v) is 13.4. The molecule has 3 aliphatic rings. The van der Waals surface area contributed by atoms with Crippen LogP contribution in [-0.2, 0) is 28.5 Å². The number of amides is 3. The lowest BCUT2D eigenvalue weighted by atomic mass is 9.69. The van der Waals surface area contributed by atoms with E-state index in [1.807, 2.05) is 13.8 Å². The summed E-state index contributed by atoms with van der Waals surface area (Å²) >= 11 is 0. The molecule has 3 unspecified atom stereocenters. The molecule has 0 spiro atoms. The number of carbonyl (C=O) groups excluding carboxylic acids is 2. The maximum Gasteiger partial charge on any atom is 0.421 e. The average Bonchev–Trinajstić information content (AvgIpc) is 3.18. The van der Waals surface area contributed by atoms with E-state index in [0.29, 0.717) is 44.9 Å². The maximum atomic E-state index is 13.6. The van der Waals surface area contributed by atoms with Crippen molar-refractivity contribution >= 4 is 22.3 Å². The number of urea groups is 1. The molecule has 2 bridgehead atoms. The Morgan fingerprint density at radius 1 is 0.927 bits per heavy atom. The Balaban J connectivity index is 1.74. The summed E-state index contributed by atoms with van der Waals surface area (Å²) in [4.78, 5) is 33.3. The number of hydroxylamine groups is 3. The minimum absolute atomic E-state index is 0.0174. The number of fused-ring (bicyclic) bond motifs is 2. The van der Waals surface area contributed by atoms with Gasteiger partial charge in [0.2, 0.25) is 0 Å². The SMILES string of the molecule is CCCCC(N)(CCC)C(CCC)(CCCC)OS(=O)(=O)ON1C(=O)N2CC1CC[C@H]2C(=O)NOC1CCCCC1. The summed E-state index contributed by atoms with van der Waals surface area (Å²) in [5, 5.41) is 0.880. The van der Waals surface area contributed by atoms with Crippen molar-refractivity contribution in [3.05, 3.63) is 0 Å². The molecule has 11 nitrogen and oxygen atoms in total. The van der Waals surface area contributed by atoms with Gasteiger partial charge in [-0.05, 0) is 51.4 Å². The van der Waals surface area contributed by atoms with Crippen LogP contribution in [0, 0.1) is 0 Å². The van der Waals surface area contributed by atoms with Crippen molar-refractivity contribution in [1.82, 2.24) is 15.4 Å². The molecule has 0 radical (unpaired) electrons. The average molecular weight is 603 g/mol. The molecule has 2 heterocycles. The van der Waals surface area contributed by atoms with E-state index in [2.05, 4.69) is 19.3 Å². The predicted molar refractivity (Wildman–Crippen MR) is 156 cm³/mol. The van der Waals surface area contributed by atoms with E-state index in [0.717, 1.165) is 62.9 Å². The normalized spacial score (nSPS) is 24.8. The highest BCUT2D eigenvalue weighted by Crippen LogP contribution is 2.43. The van der Waals surface area contributed by atoms with Gasteiger partial charge in [-0.15, -0.1) is 4.28 Å². The summed E-state index contributed by atoms with van der Waals surface area (Å²) < 4.78 is 38.6. The number of hydrogen-bond donors (Lipinski definition) is 2. The van der Waals surface area contributed by atoms with E-state index >= 15 is 0 Å². The first-order valence-corrected chi connectivity index (χ1v) is 17.4. The molecular formula is C29H54N4O7S. The smallest absolute Gasteiger partial charge is 0.323 e. The monoisotopic (exact) mass is 602 g/mol. The second kappa shape index (κ2) is 15.3. The van der Waals surface area contributed by atoms with Crippen LogP contribution < -0.4 is 11.2 Å². The van der Waals surface area contributed by atoms with E-state index < -0.39 is 45.6 Å². The molecule has 3 fully saturated rings. The molecule has 2 aliphatic heterocycles. The predicted octanol–water partition coefficient (Wildman–Crippen LogP) is 5.25. The number of carbonyl (C=O) groups is 2. The number of piperidine rings is 1. The van der Waals surface area contributed by atoms with E-state index in [4.69, 9.17) is 19.0 Å². The van der Waals surface area contributed by atoms with E-state index in [1.54, 1.807) is 0 Å². The lowest BCUT2D eigenvalue weighted by Gasteiger charge is -2.48. The van der Waals surface area contributed by atoms with Gasteiger partial charge >= 0.3 is 16.4 Å². The van der Waals surface area contributed by atoms with Gasteiger partial charge in [-0.2, -0.15) is 13.5 Å². The first-order valence-electron chi connectivity index (χ1n) is 16.0. The quantitative estimate of drug-likeness (QED) is 0.203. The summed E-state index contributed by atoms with van der Waals surface area (Å²) in [6.45, 7) is 8.37. The fourth-order valence-electron chi connectivity index (χ4n) is 6.88. The number of nitrogens with two attached hydrogens (primary N) is 1. The highest BCUT2D eigenvalue weighted by molar-refractivity contribution is 7.81. The van der Waals surface area contributed by atoms with Crippen LogP contribution in [0.15, 0.2) is 0 Å². The Morgan fingerprint density at radius 3 is 2.22 bits per heavy atom. The van der Waals surface area contributed by atoms with Gasteiger partial charge in [0.15, 0.2) is 0 Å². The fourth-order valence-corrected chi connectivity index (χ4v) is 8.01. The molecule has 238 valence electrons. The summed E-state index contributed by atoms with van der Waals surface area (Å²) in [5.74, 6) is -0.395. The zero-order valence-electron chi connectivity index (χ0n) is 25.7. The summed E-state index contributed by atoms with van der Waals surface area (Å²) in [5.41, 5.74) is 7.60. The lowest BCUT2D eigenvalue weighted by Crippen LogP contribution is -2.63. The molecule has 0 aromatic heterocycles. The number of hydrogen-bond acceptors (Lipinski definition) is 8. The Morgan fingerprint density at radius 2 is 1.59 bits per heavy atom. The van der Waals surface area contributed by atoms with Crippen LogP contribution >= 0.6 is 0 Å². The van der Waals surface area contributed by atoms with Crippen molar-refractivity contribution in [3.63, 3.8) is 0 Å². The van der Waals surface area contributed by atoms with Crippen molar-refractivity contribution in [2.45, 2.75) is 166 Å². The molecule has 2 saturated heterocycles. The van der Waals surface area contributed by atoms with Crippen molar-refractivity contribution in [2.75, 3.05) is 6.54 Å². The molecule has 3 amide bonds. The van der Waals surface area contributed by atoms with E-state index in [-0.39, 0.29) is 12.6 Å². The zero-order valence-corrected chi connectivity index (χ0v) is 26.5. The molecule has 1 aliphatic carbocycles. The van der Waals surface area contributed by atoms with Gasteiger partial charge in [-0.1, -0.05) is 85.5 Å². The standard InChI is InChI=1S/C29H54N4O7S/c1-5-9-20-28(30,18-7-3)29(19-8-4,21-10-6-2)39-41(36,37)40-33-23-16-17-25(32(22-23)27(33)35)26(34)31-38-24-14-12-11-13-15-24/h23-25H,5-22,30H2,1-4H3,(H,31,34)/t23?,25-,28?,29?/m0/s1. The molecule has 3 N–H and O–H groups in total. The minimum Gasteiger partial charge on any atom is -0.323 e. The van der Waals surface area contributed by atoms with Gasteiger partial charge in [-0.25, -0.2) is 14.5 Å². The van der Waals surface area contributed by atoms with Gasteiger partial charge in [0.05, 0.1) is 12.1 Å². The highest BCUT2D eigenvalue weighted by Gasteiger charge is 2.54. The first kappa shape index (κ1) is 34.0. The van der Waals surface area contributed by atoms with Crippen LogP contribution in [0.3, 0.4) is 0 Å². The van der Waals surface area contributed by atoms with Crippen LogP contribution in [0.5, 0.6) is 0 Å². The maximum absolute atomic E-state index is 13.6. The second-order valence-electron chi connectivity index (χ2n) is 12.3. The molecule has 41 heavy (non-hydrogen) atoms. The van der Waals surface area contributed by atoms with Gasteiger partial charge in [-0.3, -0.25) is 9.63 Å². The Hall–Kier alpha value is -1.47. The van der Waals surface area contributed by atoms with Crippen LogP contribution in [0.1, 0.15) is 137 Å². The molecule has 4 atom stereocenters. The highest BCUT2D eigenvalue weighted by atomic mass is 32.3. The van der Waals surface area contributed by atoms with Crippen molar-refractivity contribution in [3.8, 4) is 0 Å². The molecule has 0 aromatic rings. The van der Waals surface area contributed by atoms with Gasteiger partial charge < -0.3 is 10.6 Å². The molecule has 1 saturated carbocycles. The molecule has 3 rings (SSSR count). The third-order valence-corrected chi connectivity index (χ3v) is 9.97. The Labute approximate surface area is 247 Å².